The number of cyclic esters (lactones) is 1. The molecule has 2 heterocycles. The Morgan fingerprint density at radius 3 is 2.71 bits per heavy atom. The van der Waals surface area contributed by atoms with Crippen LogP contribution in [0, 0.1) is 0 Å². The molecule has 6 heteroatoms. The monoisotopic (exact) mass is 244 g/mol. The molecular weight excluding hydrogens is 224 g/mol. The van der Waals surface area contributed by atoms with Crippen molar-refractivity contribution < 1.29 is 19.4 Å². The van der Waals surface area contributed by atoms with Gasteiger partial charge in [-0.3, -0.25) is 4.90 Å². The van der Waals surface area contributed by atoms with Crippen LogP contribution in [-0.2, 0) is 9.47 Å². The number of hydrogen-bond acceptors (Lipinski definition) is 5. The summed E-state index contributed by atoms with van der Waals surface area (Å²) in [6.07, 6.45) is 0.411. The molecule has 98 valence electrons. The number of morpholine rings is 1. The van der Waals surface area contributed by atoms with E-state index in [0.29, 0.717) is 19.6 Å². The number of amides is 1. The maximum atomic E-state index is 11.6. The van der Waals surface area contributed by atoms with Crippen LogP contribution in [0.2, 0.25) is 0 Å². The third-order valence-electron chi connectivity index (χ3n) is 3.32. The van der Waals surface area contributed by atoms with Crippen molar-refractivity contribution in [1.82, 2.24) is 9.80 Å². The van der Waals surface area contributed by atoms with Gasteiger partial charge in [-0.15, -0.1) is 0 Å². The normalized spacial score (nSPS) is 27.0. The van der Waals surface area contributed by atoms with Crippen LogP contribution >= 0.6 is 0 Å². The maximum absolute atomic E-state index is 11.6. The number of aliphatic hydroxyl groups is 1. The van der Waals surface area contributed by atoms with Crippen molar-refractivity contribution in [3.8, 4) is 0 Å². The summed E-state index contributed by atoms with van der Waals surface area (Å²) < 4.78 is 10.3. The Morgan fingerprint density at radius 1 is 1.24 bits per heavy atom. The van der Waals surface area contributed by atoms with E-state index in [0.717, 1.165) is 32.8 Å². The second-order valence-corrected chi connectivity index (χ2v) is 4.39. The minimum atomic E-state index is -0.302. The van der Waals surface area contributed by atoms with Crippen LogP contribution in [0.4, 0.5) is 4.79 Å². The van der Waals surface area contributed by atoms with Gasteiger partial charge in [0.05, 0.1) is 32.5 Å². The van der Waals surface area contributed by atoms with Gasteiger partial charge in [-0.1, -0.05) is 0 Å². The molecule has 6 nitrogen and oxygen atoms in total. The van der Waals surface area contributed by atoms with Crippen molar-refractivity contribution >= 4 is 6.09 Å². The molecule has 2 rings (SSSR count). The number of rotatable bonds is 4. The van der Waals surface area contributed by atoms with Crippen LogP contribution in [0.1, 0.15) is 6.42 Å². The molecule has 2 saturated heterocycles. The lowest BCUT2D eigenvalue weighted by atomic mass is 10.2. The lowest BCUT2D eigenvalue weighted by molar-refractivity contribution is 0.00727. The summed E-state index contributed by atoms with van der Waals surface area (Å²) in [6.45, 7) is 5.19. The van der Waals surface area contributed by atoms with Crippen LogP contribution < -0.4 is 0 Å². The lowest BCUT2D eigenvalue weighted by Crippen LogP contribution is -2.51. The van der Waals surface area contributed by atoms with E-state index in [-0.39, 0.29) is 18.7 Å². The van der Waals surface area contributed by atoms with Gasteiger partial charge in [0.1, 0.15) is 0 Å². The van der Waals surface area contributed by atoms with Crippen LogP contribution in [-0.4, -0.2) is 79.6 Å². The first-order chi connectivity index (χ1) is 8.31. The molecule has 0 radical (unpaired) electrons. The Bertz CT molecular complexity index is 256. The van der Waals surface area contributed by atoms with Gasteiger partial charge in [-0.05, 0) is 0 Å². The third kappa shape index (κ3) is 3.31. The summed E-state index contributed by atoms with van der Waals surface area (Å²) >= 11 is 0. The zero-order valence-corrected chi connectivity index (χ0v) is 10.0. The van der Waals surface area contributed by atoms with Crippen molar-refractivity contribution in [2.24, 2.45) is 0 Å². The van der Waals surface area contributed by atoms with Gasteiger partial charge in [-0.2, -0.15) is 0 Å². The number of ether oxygens (including phenoxy) is 2. The SMILES string of the molecule is O=C1OCCC(CO)N1CCN1CCOCC1. The van der Waals surface area contributed by atoms with Gasteiger partial charge >= 0.3 is 6.09 Å². The molecule has 1 amide bonds. The minimum Gasteiger partial charge on any atom is -0.449 e. The second kappa shape index (κ2) is 6.18. The third-order valence-corrected chi connectivity index (χ3v) is 3.32. The number of nitrogens with zero attached hydrogens (tertiary/aromatic N) is 2. The van der Waals surface area contributed by atoms with Crippen molar-refractivity contribution in [2.45, 2.75) is 12.5 Å². The summed E-state index contributed by atoms with van der Waals surface area (Å²) in [7, 11) is 0. The van der Waals surface area contributed by atoms with Crippen LogP contribution in [0.3, 0.4) is 0 Å². The van der Waals surface area contributed by atoms with Crippen LogP contribution in [0.5, 0.6) is 0 Å². The van der Waals surface area contributed by atoms with E-state index in [2.05, 4.69) is 4.90 Å². The molecule has 1 unspecified atom stereocenters. The average molecular weight is 244 g/mol. The predicted octanol–water partition coefficient (Wildman–Crippen LogP) is -0.478. The van der Waals surface area contributed by atoms with E-state index in [9.17, 15) is 9.90 Å². The highest BCUT2D eigenvalue weighted by Gasteiger charge is 2.29. The average Bonchev–Trinajstić information content (AvgIpc) is 2.38. The van der Waals surface area contributed by atoms with E-state index in [1.807, 2.05) is 0 Å². The minimum absolute atomic E-state index is 0.0121. The fourth-order valence-electron chi connectivity index (χ4n) is 2.21. The van der Waals surface area contributed by atoms with Crippen molar-refractivity contribution in [3.63, 3.8) is 0 Å². The summed E-state index contributed by atoms with van der Waals surface area (Å²) in [5, 5.41) is 9.23. The Balaban J connectivity index is 1.80. The molecule has 1 atom stereocenters. The molecule has 2 fully saturated rings. The van der Waals surface area contributed by atoms with E-state index in [1.165, 1.54) is 0 Å². The highest BCUT2D eigenvalue weighted by Crippen LogP contribution is 2.13. The number of carbonyl (C=O) groups excluding carboxylic acids is 1. The molecule has 2 aliphatic heterocycles. The predicted molar refractivity (Wildman–Crippen MR) is 60.8 cm³/mol. The maximum Gasteiger partial charge on any atom is 0.410 e. The van der Waals surface area contributed by atoms with Crippen molar-refractivity contribution in [2.75, 3.05) is 52.6 Å². The Labute approximate surface area is 101 Å². The van der Waals surface area contributed by atoms with Crippen LogP contribution in [0.15, 0.2) is 0 Å². The summed E-state index contributed by atoms with van der Waals surface area (Å²) in [4.78, 5) is 15.5. The first kappa shape index (κ1) is 12.6. The Kier molecular flexibility index (Phi) is 4.58. The number of aliphatic hydroxyl groups excluding tert-OH is 1. The topological polar surface area (TPSA) is 62.2 Å². The van der Waals surface area contributed by atoms with Gasteiger partial charge < -0.3 is 19.5 Å². The lowest BCUT2D eigenvalue weighted by Gasteiger charge is -2.36. The van der Waals surface area contributed by atoms with Gasteiger partial charge in [0.15, 0.2) is 0 Å². The molecule has 2 aliphatic rings. The van der Waals surface area contributed by atoms with E-state index in [4.69, 9.17) is 9.47 Å². The molecule has 0 bridgehead atoms. The first-order valence-electron chi connectivity index (χ1n) is 6.15. The molecule has 0 saturated carbocycles. The smallest absolute Gasteiger partial charge is 0.410 e. The standard InChI is InChI=1S/C11H20N2O4/c14-9-10-1-6-17-11(15)13(10)3-2-12-4-7-16-8-5-12/h10,14H,1-9H2. The van der Waals surface area contributed by atoms with E-state index < -0.39 is 0 Å². The second-order valence-electron chi connectivity index (χ2n) is 4.39. The summed E-state index contributed by atoms with van der Waals surface area (Å²) in [6, 6.07) is -0.0858. The highest BCUT2D eigenvalue weighted by atomic mass is 16.6. The van der Waals surface area contributed by atoms with Crippen LogP contribution in [0.25, 0.3) is 0 Å². The van der Waals surface area contributed by atoms with E-state index in [1.54, 1.807) is 4.90 Å². The van der Waals surface area contributed by atoms with Gasteiger partial charge in [0.25, 0.3) is 0 Å². The molecule has 0 aromatic carbocycles. The van der Waals surface area contributed by atoms with Gasteiger partial charge in [0, 0.05) is 32.6 Å². The highest BCUT2D eigenvalue weighted by molar-refractivity contribution is 5.68. The molecule has 0 spiro atoms. The zero-order valence-electron chi connectivity index (χ0n) is 10.0. The van der Waals surface area contributed by atoms with Crippen molar-refractivity contribution in [1.29, 1.82) is 0 Å². The fraction of sp³-hybridized carbons (Fsp3) is 0.909. The molecular formula is C11H20N2O4. The molecule has 0 aromatic rings. The Hall–Kier alpha value is -0.850. The molecule has 0 aliphatic carbocycles. The van der Waals surface area contributed by atoms with E-state index >= 15 is 0 Å². The molecule has 1 N–H and O–H groups in total. The zero-order chi connectivity index (χ0) is 12.1. The first-order valence-corrected chi connectivity index (χ1v) is 6.15. The summed E-state index contributed by atoms with van der Waals surface area (Å²) in [5.74, 6) is 0. The largest absolute Gasteiger partial charge is 0.449 e. The number of hydrogen-bond donors (Lipinski definition) is 1. The van der Waals surface area contributed by atoms with Gasteiger partial charge in [0.2, 0.25) is 0 Å². The molecule has 0 aromatic heterocycles. The molecule has 17 heavy (non-hydrogen) atoms. The quantitative estimate of drug-likeness (QED) is 0.724. The Morgan fingerprint density at radius 2 is 2.00 bits per heavy atom. The van der Waals surface area contributed by atoms with Gasteiger partial charge in [-0.25, -0.2) is 4.79 Å². The summed E-state index contributed by atoms with van der Waals surface area (Å²) in [5.41, 5.74) is 0. The van der Waals surface area contributed by atoms with Crippen molar-refractivity contribution in [3.05, 3.63) is 0 Å². The fourth-order valence-corrected chi connectivity index (χ4v) is 2.21. The number of carbonyl (C=O) groups is 1.